The average Bonchev–Trinajstić information content (AvgIpc) is 2.46. The van der Waals surface area contributed by atoms with Gasteiger partial charge in [0.15, 0.2) is 0 Å². The Bertz CT molecular complexity index is 462. The highest BCUT2D eigenvalue weighted by molar-refractivity contribution is 6.31. The third-order valence-corrected chi connectivity index (χ3v) is 2.68. The number of hydrogen-bond acceptors (Lipinski definition) is 1. The first-order valence-electron chi connectivity index (χ1n) is 4.39. The third kappa shape index (κ3) is 1.60. The zero-order valence-corrected chi connectivity index (χ0v) is 9.31. The third-order valence-electron chi connectivity index (χ3n) is 2.25. The summed E-state index contributed by atoms with van der Waals surface area (Å²) in [5.41, 5.74) is 2.02. The van der Waals surface area contributed by atoms with Crippen molar-refractivity contribution in [3.05, 3.63) is 29.0 Å². The predicted molar refractivity (Wildman–Crippen MR) is 60.1 cm³/mol. The van der Waals surface area contributed by atoms with Crippen molar-refractivity contribution in [3.63, 3.8) is 0 Å². The van der Waals surface area contributed by atoms with E-state index >= 15 is 0 Å². The molecule has 0 spiro atoms. The number of nitrogens with zero attached hydrogens (tertiary/aromatic N) is 2. The Hall–Kier alpha value is -0.730. The van der Waals surface area contributed by atoms with Crippen molar-refractivity contribution in [1.82, 2.24) is 9.55 Å². The van der Waals surface area contributed by atoms with E-state index in [0.29, 0.717) is 5.88 Å². The molecule has 1 aromatic carbocycles. The molecule has 2 rings (SSSR count). The van der Waals surface area contributed by atoms with Crippen LogP contribution in [0.4, 0.5) is 0 Å². The fourth-order valence-electron chi connectivity index (χ4n) is 1.52. The molecular weight excluding hydrogens is 219 g/mol. The number of halogens is 2. The Balaban J connectivity index is 2.62. The van der Waals surface area contributed by atoms with Crippen LogP contribution in [0.3, 0.4) is 0 Å². The molecule has 0 aliphatic heterocycles. The second-order valence-corrected chi connectivity index (χ2v) is 3.97. The highest BCUT2D eigenvalue weighted by Crippen LogP contribution is 2.19. The molecule has 0 N–H and O–H groups in total. The lowest BCUT2D eigenvalue weighted by Crippen LogP contribution is -1.98. The lowest BCUT2D eigenvalue weighted by Gasteiger charge is -1.98. The van der Waals surface area contributed by atoms with E-state index < -0.39 is 0 Å². The van der Waals surface area contributed by atoms with E-state index in [1.807, 2.05) is 29.8 Å². The van der Waals surface area contributed by atoms with Crippen LogP contribution in [0.15, 0.2) is 18.2 Å². The average molecular weight is 229 g/mol. The normalized spacial score (nSPS) is 11.1. The molecule has 4 heteroatoms. The lowest BCUT2D eigenvalue weighted by molar-refractivity contribution is 0.831. The summed E-state index contributed by atoms with van der Waals surface area (Å²) in [4.78, 5) is 4.46. The molecule has 0 saturated carbocycles. The topological polar surface area (TPSA) is 17.8 Å². The van der Waals surface area contributed by atoms with Gasteiger partial charge in [-0.2, -0.15) is 0 Å². The summed E-state index contributed by atoms with van der Waals surface area (Å²) in [6.45, 7) is 0. The van der Waals surface area contributed by atoms with Crippen LogP contribution in [-0.4, -0.2) is 15.4 Å². The second-order valence-electron chi connectivity index (χ2n) is 3.16. The van der Waals surface area contributed by atoms with Crippen LogP contribution in [0.5, 0.6) is 0 Å². The number of aromatic nitrogens is 2. The molecule has 14 heavy (non-hydrogen) atoms. The van der Waals surface area contributed by atoms with Gasteiger partial charge in [-0.05, 0) is 18.2 Å². The van der Waals surface area contributed by atoms with Gasteiger partial charge in [0.25, 0.3) is 0 Å². The number of fused-ring (bicyclic) bond motifs is 1. The zero-order valence-electron chi connectivity index (χ0n) is 7.80. The lowest BCUT2D eigenvalue weighted by atomic mass is 10.3. The quantitative estimate of drug-likeness (QED) is 0.724. The maximum Gasteiger partial charge on any atom is 0.110 e. The largest absolute Gasteiger partial charge is 0.331 e. The van der Waals surface area contributed by atoms with Crippen molar-refractivity contribution in [3.8, 4) is 0 Å². The fraction of sp³-hybridized carbons (Fsp3) is 0.300. The van der Waals surface area contributed by atoms with E-state index in [4.69, 9.17) is 23.2 Å². The Kier molecular flexibility index (Phi) is 2.66. The Morgan fingerprint density at radius 2 is 2.21 bits per heavy atom. The first-order valence-corrected chi connectivity index (χ1v) is 5.30. The van der Waals surface area contributed by atoms with Gasteiger partial charge in [0.2, 0.25) is 0 Å². The number of alkyl halides is 1. The smallest absolute Gasteiger partial charge is 0.110 e. The molecule has 1 aromatic heterocycles. The summed E-state index contributed by atoms with van der Waals surface area (Å²) >= 11 is 11.6. The van der Waals surface area contributed by atoms with E-state index in [9.17, 15) is 0 Å². The van der Waals surface area contributed by atoms with E-state index in [1.165, 1.54) is 0 Å². The standard InChI is InChI=1S/C10H10Cl2N2/c1-14-9-6-7(12)2-3-8(9)13-10(14)4-5-11/h2-3,6H,4-5H2,1H3. The summed E-state index contributed by atoms with van der Waals surface area (Å²) in [6.07, 6.45) is 0.782. The van der Waals surface area contributed by atoms with Crippen LogP contribution in [0.1, 0.15) is 5.82 Å². The van der Waals surface area contributed by atoms with Gasteiger partial charge in [-0.1, -0.05) is 11.6 Å². The minimum atomic E-state index is 0.588. The maximum absolute atomic E-state index is 5.91. The van der Waals surface area contributed by atoms with Gasteiger partial charge in [0, 0.05) is 24.4 Å². The van der Waals surface area contributed by atoms with Crippen LogP contribution in [-0.2, 0) is 13.5 Å². The molecule has 0 aliphatic rings. The minimum Gasteiger partial charge on any atom is -0.331 e. The molecule has 0 amide bonds. The van der Waals surface area contributed by atoms with Gasteiger partial charge < -0.3 is 4.57 Å². The highest BCUT2D eigenvalue weighted by atomic mass is 35.5. The van der Waals surface area contributed by atoms with Gasteiger partial charge in [-0.3, -0.25) is 0 Å². The molecule has 0 radical (unpaired) electrons. The Morgan fingerprint density at radius 1 is 1.43 bits per heavy atom. The van der Waals surface area contributed by atoms with Crippen molar-refractivity contribution in [1.29, 1.82) is 0 Å². The molecule has 74 valence electrons. The predicted octanol–water partition coefficient (Wildman–Crippen LogP) is 3.01. The summed E-state index contributed by atoms with van der Waals surface area (Å²) in [6, 6.07) is 5.69. The van der Waals surface area contributed by atoms with Crippen LogP contribution < -0.4 is 0 Å². The van der Waals surface area contributed by atoms with Gasteiger partial charge in [0.05, 0.1) is 11.0 Å². The molecule has 1 heterocycles. The molecule has 0 aliphatic carbocycles. The molecule has 0 bridgehead atoms. The first kappa shape index (κ1) is 9.81. The van der Waals surface area contributed by atoms with Gasteiger partial charge in [0.1, 0.15) is 5.82 Å². The number of rotatable bonds is 2. The van der Waals surface area contributed by atoms with Crippen molar-refractivity contribution < 1.29 is 0 Å². The van der Waals surface area contributed by atoms with Crippen molar-refractivity contribution >= 4 is 34.2 Å². The minimum absolute atomic E-state index is 0.588. The van der Waals surface area contributed by atoms with Gasteiger partial charge in [-0.15, -0.1) is 11.6 Å². The van der Waals surface area contributed by atoms with E-state index in [0.717, 1.165) is 28.3 Å². The molecule has 0 fully saturated rings. The molecule has 2 aromatic rings. The van der Waals surface area contributed by atoms with Crippen molar-refractivity contribution in [2.24, 2.45) is 7.05 Å². The van der Waals surface area contributed by atoms with Crippen molar-refractivity contribution in [2.75, 3.05) is 5.88 Å². The summed E-state index contributed by atoms with van der Waals surface area (Å²) in [5.74, 6) is 1.59. The monoisotopic (exact) mass is 228 g/mol. The van der Waals surface area contributed by atoms with Gasteiger partial charge >= 0.3 is 0 Å². The first-order chi connectivity index (χ1) is 6.72. The summed E-state index contributed by atoms with van der Waals surface area (Å²) in [7, 11) is 1.98. The summed E-state index contributed by atoms with van der Waals surface area (Å²) < 4.78 is 2.03. The van der Waals surface area contributed by atoms with Crippen molar-refractivity contribution in [2.45, 2.75) is 6.42 Å². The maximum atomic E-state index is 5.91. The fourth-order valence-corrected chi connectivity index (χ4v) is 1.86. The second kappa shape index (κ2) is 3.79. The molecule has 0 atom stereocenters. The number of benzene rings is 1. The van der Waals surface area contributed by atoms with E-state index in [-0.39, 0.29) is 0 Å². The van der Waals surface area contributed by atoms with E-state index in [1.54, 1.807) is 0 Å². The van der Waals surface area contributed by atoms with Gasteiger partial charge in [-0.25, -0.2) is 4.98 Å². The van der Waals surface area contributed by atoms with Crippen LogP contribution in [0.2, 0.25) is 5.02 Å². The molecular formula is C10H10Cl2N2. The number of hydrogen-bond donors (Lipinski definition) is 0. The Labute approximate surface area is 92.5 Å². The van der Waals surface area contributed by atoms with Crippen LogP contribution in [0.25, 0.3) is 11.0 Å². The molecule has 0 saturated heterocycles. The molecule has 2 nitrogen and oxygen atoms in total. The Morgan fingerprint density at radius 3 is 2.93 bits per heavy atom. The zero-order chi connectivity index (χ0) is 10.1. The molecule has 0 unspecified atom stereocenters. The highest BCUT2D eigenvalue weighted by Gasteiger charge is 2.06. The number of imidazole rings is 1. The van der Waals surface area contributed by atoms with E-state index in [2.05, 4.69) is 4.98 Å². The summed E-state index contributed by atoms with van der Waals surface area (Å²) in [5, 5.41) is 0.734. The van der Waals surface area contributed by atoms with Crippen LogP contribution >= 0.6 is 23.2 Å². The van der Waals surface area contributed by atoms with Crippen LogP contribution in [0, 0.1) is 0 Å². The SMILES string of the molecule is Cn1c(CCCl)nc2ccc(Cl)cc21. The number of aryl methyl sites for hydroxylation is 2.